The van der Waals surface area contributed by atoms with Crippen LogP contribution in [0.2, 0.25) is 0 Å². The van der Waals surface area contributed by atoms with Gasteiger partial charge < -0.3 is 10.1 Å². The molecule has 20 heavy (non-hydrogen) atoms. The molecule has 0 radical (unpaired) electrons. The molecule has 0 aliphatic heterocycles. The molecule has 1 N–H and O–H groups in total. The highest BCUT2D eigenvalue weighted by molar-refractivity contribution is 5.30. The smallest absolute Gasteiger partial charge is 0.406 e. The second-order valence-electron chi connectivity index (χ2n) is 5.99. The Morgan fingerprint density at radius 3 is 2.40 bits per heavy atom. The van der Waals surface area contributed by atoms with E-state index < -0.39 is 6.36 Å². The third-order valence-corrected chi connectivity index (χ3v) is 2.89. The SMILES string of the molecule is CC(CCNC(C)(C)C)c1cccc(OC(F)(F)F)c1. The number of nitrogens with one attached hydrogen (secondary N) is 1. The summed E-state index contributed by atoms with van der Waals surface area (Å²) < 4.78 is 40.5. The van der Waals surface area contributed by atoms with E-state index in [1.165, 1.54) is 12.1 Å². The van der Waals surface area contributed by atoms with E-state index in [9.17, 15) is 13.2 Å². The molecule has 0 spiro atoms. The largest absolute Gasteiger partial charge is 0.573 e. The van der Waals surface area contributed by atoms with Crippen molar-refractivity contribution in [2.24, 2.45) is 0 Å². The lowest BCUT2D eigenvalue weighted by atomic mass is 9.97. The fraction of sp³-hybridized carbons (Fsp3) is 0.600. The van der Waals surface area contributed by atoms with Crippen LogP contribution in [0.4, 0.5) is 13.2 Å². The number of benzene rings is 1. The Bertz CT molecular complexity index is 424. The molecule has 0 heterocycles. The number of hydrogen-bond donors (Lipinski definition) is 1. The van der Waals surface area contributed by atoms with Crippen LogP contribution in [0, 0.1) is 0 Å². The number of rotatable bonds is 5. The second kappa shape index (κ2) is 6.48. The molecule has 0 saturated heterocycles. The highest BCUT2D eigenvalue weighted by Gasteiger charge is 2.31. The molecule has 0 amide bonds. The average Bonchev–Trinajstić information content (AvgIpc) is 2.25. The van der Waals surface area contributed by atoms with Crippen molar-refractivity contribution >= 4 is 0 Å². The van der Waals surface area contributed by atoms with Gasteiger partial charge in [-0.05, 0) is 57.4 Å². The molecule has 5 heteroatoms. The van der Waals surface area contributed by atoms with Crippen molar-refractivity contribution in [3.63, 3.8) is 0 Å². The van der Waals surface area contributed by atoms with Gasteiger partial charge in [0.2, 0.25) is 0 Å². The maximum Gasteiger partial charge on any atom is 0.573 e. The molecule has 0 fully saturated rings. The van der Waals surface area contributed by atoms with Gasteiger partial charge in [0.15, 0.2) is 0 Å². The van der Waals surface area contributed by atoms with E-state index in [-0.39, 0.29) is 17.2 Å². The summed E-state index contributed by atoms with van der Waals surface area (Å²) in [4.78, 5) is 0. The first-order chi connectivity index (χ1) is 9.07. The molecule has 1 atom stereocenters. The van der Waals surface area contributed by atoms with E-state index in [0.29, 0.717) is 0 Å². The van der Waals surface area contributed by atoms with Crippen molar-refractivity contribution in [2.75, 3.05) is 6.54 Å². The van der Waals surface area contributed by atoms with E-state index in [1.54, 1.807) is 6.07 Å². The number of ether oxygens (including phenoxy) is 1. The van der Waals surface area contributed by atoms with Crippen molar-refractivity contribution in [1.29, 1.82) is 0 Å². The molecule has 1 aromatic rings. The van der Waals surface area contributed by atoms with Gasteiger partial charge >= 0.3 is 6.36 Å². The van der Waals surface area contributed by atoms with E-state index in [2.05, 4.69) is 30.8 Å². The van der Waals surface area contributed by atoms with Crippen LogP contribution in [0.25, 0.3) is 0 Å². The van der Waals surface area contributed by atoms with Gasteiger partial charge in [-0.15, -0.1) is 13.2 Å². The third-order valence-electron chi connectivity index (χ3n) is 2.89. The lowest BCUT2D eigenvalue weighted by Crippen LogP contribution is -2.36. The van der Waals surface area contributed by atoms with Gasteiger partial charge in [-0.25, -0.2) is 0 Å². The predicted octanol–water partition coefficient (Wildman–Crippen LogP) is 4.47. The average molecular weight is 289 g/mol. The van der Waals surface area contributed by atoms with Crippen LogP contribution in [-0.2, 0) is 0 Å². The molecule has 0 aliphatic carbocycles. The highest BCUT2D eigenvalue weighted by Crippen LogP contribution is 2.27. The number of alkyl halides is 3. The topological polar surface area (TPSA) is 21.3 Å². The van der Waals surface area contributed by atoms with Gasteiger partial charge in [-0.1, -0.05) is 19.1 Å². The van der Waals surface area contributed by atoms with Crippen LogP contribution in [0.1, 0.15) is 45.6 Å². The fourth-order valence-electron chi connectivity index (χ4n) is 1.85. The zero-order chi connectivity index (χ0) is 15.4. The maximum absolute atomic E-state index is 12.2. The molecule has 114 valence electrons. The summed E-state index contributed by atoms with van der Waals surface area (Å²) in [6.07, 6.45) is -3.79. The fourth-order valence-corrected chi connectivity index (χ4v) is 1.85. The van der Waals surface area contributed by atoms with Gasteiger partial charge in [-0.2, -0.15) is 0 Å². The lowest BCUT2D eigenvalue weighted by Gasteiger charge is -2.22. The summed E-state index contributed by atoms with van der Waals surface area (Å²) in [5, 5.41) is 3.36. The summed E-state index contributed by atoms with van der Waals surface area (Å²) in [6, 6.07) is 6.18. The van der Waals surface area contributed by atoms with E-state index in [4.69, 9.17) is 0 Å². The second-order valence-corrected chi connectivity index (χ2v) is 5.99. The zero-order valence-corrected chi connectivity index (χ0v) is 12.3. The Hall–Kier alpha value is -1.23. The number of hydrogen-bond acceptors (Lipinski definition) is 2. The van der Waals surface area contributed by atoms with Crippen LogP contribution in [0.3, 0.4) is 0 Å². The van der Waals surface area contributed by atoms with Gasteiger partial charge in [0.25, 0.3) is 0 Å². The molecule has 0 aliphatic rings. The summed E-state index contributed by atoms with van der Waals surface area (Å²) >= 11 is 0. The predicted molar refractivity (Wildman–Crippen MR) is 73.9 cm³/mol. The molecule has 0 aromatic heterocycles. The molecular formula is C15H22F3NO. The minimum Gasteiger partial charge on any atom is -0.406 e. The molecule has 0 saturated carbocycles. The number of halogens is 3. The molecule has 1 rings (SSSR count). The van der Waals surface area contributed by atoms with Gasteiger partial charge in [0.05, 0.1) is 0 Å². The van der Waals surface area contributed by atoms with E-state index >= 15 is 0 Å². The van der Waals surface area contributed by atoms with Crippen LogP contribution < -0.4 is 10.1 Å². The van der Waals surface area contributed by atoms with Crippen LogP contribution in [-0.4, -0.2) is 18.4 Å². The van der Waals surface area contributed by atoms with Crippen molar-refractivity contribution in [1.82, 2.24) is 5.32 Å². The van der Waals surface area contributed by atoms with E-state index in [1.807, 2.05) is 13.0 Å². The Morgan fingerprint density at radius 2 is 1.85 bits per heavy atom. The molecule has 0 bridgehead atoms. The Labute approximate surface area is 118 Å². The standard InChI is InChI=1S/C15H22F3NO/c1-11(8-9-19-14(2,3)4)12-6-5-7-13(10-12)20-15(16,17)18/h5-7,10-11,19H,8-9H2,1-4H3. The van der Waals surface area contributed by atoms with Crippen molar-refractivity contribution < 1.29 is 17.9 Å². The van der Waals surface area contributed by atoms with Crippen molar-refractivity contribution in [3.05, 3.63) is 29.8 Å². The van der Waals surface area contributed by atoms with Crippen LogP contribution in [0.5, 0.6) is 5.75 Å². The first-order valence-corrected chi connectivity index (χ1v) is 6.67. The highest BCUT2D eigenvalue weighted by atomic mass is 19.4. The lowest BCUT2D eigenvalue weighted by molar-refractivity contribution is -0.274. The third kappa shape index (κ3) is 6.80. The summed E-state index contributed by atoms with van der Waals surface area (Å²) in [5.41, 5.74) is 0.892. The minimum atomic E-state index is -4.64. The quantitative estimate of drug-likeness (QED) is 0.863. The normalized spacial score (nSPS) is 14.2. The first kappa shape index (κ1) is 16.8. The van der Waals surface area contributed by atoms with Gasteiger partial charge in [0, 0.05) is 5.54 Å². The van der Waals surface area contributed by atoms with Gasteiger partial charge in [-0.3, -0.25) is 0 Å². The molecular weight excluding hydrogens is 267 g/mol. The van der Waals surface area contributed by atoms with E-state index in [0.717, 1.165) is 18.5 Å². The zero-order valence-electron chi connectivity index (χ0n) is 12.3. The van der Waals surface area contributed by atoms with Crippen molar-refractivity contribution in [2.45, 2.75) is 51.9 Å². The Kier molecular flexibility index (Phi) is 5.45. The summed E-state index contributed by atoms with van der Waals surface area (Å²) in [6.45, 7) is 9.05. The van der Waals surface area contributed by atoms with Crippen LogP contribution >= 0.6 is 0 Å². The van der Waals surface area contributed by atoms with Crippen molar-refractivity contribution in [3.8, 4) is 5.75 Å². The summed E-state index contributed by atoms with van der Waals surface area (Å²) in [5.74, 6) is 0.00673. The van der Waals surface area contributed by atoms with Gasteiger partial charge in [0.1, 0.15) is 5.75 Å². The van der Waals surface area contributed by atoms with Crippen LogP contribution in [0.15, 0.2) is 24.3 Å². The molecule has 1 aromatic carbocycles. The maximum atomic E-state index is 12.2. The Morgan fingerprint density at radius 1 is 1.20 bits per heavy atom. The minimum absolute atomic E-state index is 0.0426. The monoisotopic (exact) mass is 289 g/mol. The molecule has 1 unspecified atom stereocenters. The first-order valence-electron chi connectivity index (χ1n) is 6.67. The Balaban J connectivity index is 2.60. The summed E-state index contributed by atoms with van der Waals surface area (Å²) in [7, 11) is 0. The molecule has 2 nitrogen and oxygen atoms in total.